The third-order valence-electron chi connectivity index (χ3n) is 5.22. The van der Waals surface area contributed by atoms with Gasteiger partial charge >= 0.3 is 0 Å². The Morgan fingerprint density at radius 1 is 1.18 bits per heavy atom. The van der Waals surface area contributed by atoms with Crippen LogP contribution in [0.5, 0.6) is 0 Å². The van der Waals surface area contributed by atoms with Gasteiger partial charge < -0.3 is 14.6 Å². The van der Waals surface area contributed by atoms with E-state index in [0.717, 1.165) is 43.6 Å². The van der Waals surface area contributed by atoms with Crippen LogP contribution in [0, 0.1) is 5.92 Å². The van der Waals surface area contributed by atoms with Gasteiger partial charge in [-0.1, -0.05) is 32.0 Å². The summed E-state index contributed by atoms with van der Waals surface area (Å²) in [5, 5.41) is 3.18. The first-order valence-corrected chi connectivity index (χ1v) is 10.1. The third-order valence-corrected chi connectivity index (χ3v) is 5.22. The molecule has 1 saturated heterocycles. The summed E-state index contributed by atoms with van der Waals surface area (Å²) in [4.78, 5) is 19.7. The molecule has 0 radical (unpaired) electrons. The molecule has 1 N–H and O–H groups in total. The maximum absolute atomic E-state index is 12.7. The fraction of sp³-hybridized carbons (Fsp3) is 0.391. The van der Waals surface area contributed by atoms with Gasteiger partial charge in [0.25, 0.3) is 5.91 Å². The molecule has 2 aromatic carbocycles. The number of hydrogen-bond acceptors (Lipinski definition) is 4. The molecule has 28 heavy (non-hydrogen) atoms. The van der Waals surface area contributed by atoms with Crippen LogP contribution in [0.2, 0.25) is 0 Å². The minimum absolute atomic E-state index is 0.0399. The average molecular weight is 377 g/mol. The van der Waals surface area contributed by atoms with Crippen molar-refractivity contribution in [1.82, 2.24) is 15.2 Å². The molecule has 0 bridgehead atoms. The van der Waals surface area contributed by atoms with Crippen LogP contribution in [0.3, 0.4) is 0 Å². The van der Waals surface area contributed by atoms with Crippen LogP contribution in [0.4, 0.5) is 0 Å². The minimum atomic E-state index is -0.0399. The quantitative estimate of drug-likeness (QED) is 0.718. The number of hydrogen-bond donors (Lipinski definition) is 1. The van der Waals surface area contributed by atoms with Crippen molar-refractivity contribution in [2.75, 3.05) is 19.6 Å². The largest absolute Gasteiger partial charge is 0.436 e. The zero-order valence-electron chi connectivity index (χ0n) is 16.5. The normalized spacial score (nSPS) is 16.0. The van der Waals surface area contributed by atoms with E-state index in [2.05, 4.69) is 29.0 Å². The Morgan fingerprint density at radius 2 is 1.93 bits per heavy atom. The summed E-state index contributed by atoms with van der Waals surface area (Å²) in [6.45, 7) is 7.72. The van der Waals surface area contributed by atoms with Gasteiger partial charge in [-0.15, -0.1) is 0 Å². The molecule has 1 aliphatic rings. The molecule has 146 valence electrons. The van der Waals surface area contributed by atoms with Crippen molar-refractivity contribution in [1.29, 1.82) is 0 Å². The zero-order valence-corrected chi connectivity index (χ0v) is 16.5. The molecule has 3 aromatic rings. The molecule has 5 heteroatoms. The highest BCUT2D eigenvalue weighted by Gasteiger charge is 2.22. The highest BCUT2D eigenvalue weighted by Crippen LogP contribution is 2.25. The Balaban J connectivity index is 1.42. The molecule has 0 aliphatic carbocycles. The number of rotatable bonds is 5. The number of amides is 1. The first kappa shape index (κ1) is 18.7. The van der Waals surface area contributed by atoms with Crippen LogP contribution in [-0.4, -0.2) is 41.5 Å². The van der Waals surface area contributed by atoms with Crippen molar-refractivity contribution in [2.45, 2.75) is 32.7 Å². The molecule has 0 atom stereocenters. The Bertz CT molecular complexity index is 941. The highest BCUT2D eigenvalue weighted by molar-refractivity contribution is 5.97. The number of carbonyl (C=O) groups excluding carboxylic acids is 1. The molecule has 1 fully saturated rings. The molecule has 1 amide bonds. The van der Waals surface area contributed by atoms with Crippen LogP contribution in [0.1, 0.15) is 37.0 Å². The number of aromatic nitrogens is 1. The molecule has 1 aromatic heterocycles. The van der Waals surface area contributed by atoms with Gasteiger partial charge in [0.1, 0.15) is 5.52 Å². The first-order chi connectivity index (χ1) is 13.6. The number of piperidine rings is 1. The molecular formula is C23H27N3O2. The van der Waals surface area contributed by atoms with Crippen molar-refractivity contribution in [3.05, 3.63) is 54.1 Å². The van der Waals surface area contributed by atoms with E-state index < -0.39 is 0 Å². The van der Waals surface area contributed by atoms with Crippen molar-refractivity contribution < 1.29 is 9.21 Å². The Labute approximate surface area is 165 Å². The number of fused-ring (bicyclic) bond motifs is 1. The molecular weight excluding hydrogens is 350 g/mol. The van der Waals surface area contributed by atoms with Gasteiger partial charge in [-0.2, -0.15) is 0 Å². The van der Waals surface area contributed by atoms with Gasteiger partial charge in [-0.25, -0.2) is 4.98 Å². The zero-order chi connectivity index (χ0) is 19.5. The maximum atomic E-state index is 12.7. The second-order valence-corrected chi connectivity index (χ2v) is 8.01. The molecule has 1 aliphatic heterocycles. The lowest BCUT2D eigenvalue weighted by Crippen LogP contribution is -2.45. The standard InChI is InChI=1S/C23H27N3O2/c1-16(2)15-26-12-10-19(11-13-26)24-22(27)18-8-9-20-21(14-18)28-23(25-20)17-6-4-3-5-7-17/h3-9,14,16,19H,10-13,15H2,1-2H3,(H,24,27). The summed E-state index contributed by atoms with van der Waals surface area (Å²) in [6.07, 6.45) is 2.00. The Kier molecular flexibility index (Phi) is 5.44. The second kappa shape index (κ2) is 8.15. The summed E-state index contributed by atoms with van der Waals surface area (Å²) < 4.78 is 5.89. The topological polar surface area (TPSA) is 58.4 Å². The lowest BCUT2D eigenvalue weighted by Gasteiger charge is -2.33. The Hall–Kier alpha value is -2.66. The van der Waals surface area contributed by atoms with Crippen molar-refractivity contribution >= 4 is 17.0 Å². The summed E-state index contributed by atoms with van der Waals surface area (Å²) in [7, 11) is 0. The van der Waals surface area contributed by atoms with Crippen LogP contribution in [0.25, 0.3) is 22.6 Å². The van der Waals surface area contributed by atoms with E-state index in [1.165, 1.54) is 0 Å². The van der Waals surface area contributed by atoms with Crippen LogP contribution >= 0.6 is 0 Å². The Morgan fingerprint density at radius 3 is 2.64 bits per heavy atom. The number of carbonyl (C=O) groups is 1. The summed E-state index contributed by atoms with van der Waals surface area (Å²) in [5.74, 6) is 1.22. The second-order valence-electron chi connectivity index (χ2n) is 8.01. The molecule has 0 unspecified atom stereocenters. The van der Waals surface area contributed by atoms with Crippen LogP contribution < -0.4 is 5.32 Å². The summed E-state index contributed by atoms with van der Waals surface area (Å²) in [6, 6.07) is 15.5. The van der Waals surface area contributed by atoms with E-state index in [-0.39, 0.29) is 11.9 Å². The van der Waals surface area contributed by atoms with Crippen molar-refractivity contribution in [2.24, 2.45) is 5.92 Å². The van der Waals surface area contributed by atoms with E-state index in [9.17, 15) is 4.79 Å². The van der Waals surface area contributed by atoms with E-state index in [1.54, 1.807) is 6.07 Å². The molecule has 0 saturated carbocycles. The lowest BCUT2D eigenvalue weighted by molar-refractivity contribution is 0.0907. The molecule has 0 spiro atoms. The van der Waals surface area contributed by atoms with Gasteiger partial charge in [0, 0.05) is 36.8 Å². The van der Waals surface area contributed by atoms with E-state index in [0.29, 0.717) is 23.0 Å². The van der Waals surface area contributed by atoms with Gasteiger partial charge in [-0.3, -0.25) is 4.79 Å². The van der Waals surface area contributed by atoms with E-state index in [4.69, 9.17) is 4.42 Å². The first-order valence-electron chi connectivity index (χ1n) is 10.1. The van der Waals surface area contributed by atoms with Crippen molar-refractivity contribution in [3.8, 4) is 11.5 Å². The SMILES string of the molecule is CC(C)CN1CCC(NC(=O)c2ccc3nc(-c4ccccc4)oc3c2)CC1. The van der Waals surface area contributed by atoms with E-state index in [1.807, 2.05) is 42.5 Å². The number of oxazole rings is 1. The van der Waals surface area contributed by atoms with Gasteiger partial charge in [0.2, 0.25) is 5.89 Å². The van der Waals surface area contributed by atoms with Gasteiger partial charge in [0.05, 0.1) is 0 Å². The number of nitrogens with zero attached hydrogens (tertiary/aromatic N) is 2. The third kappa shape index (κ3) is 4.25. The van der Waals surface area contributed by atoms with Crippen LogP contribution in [0.15, 0.2) is 52.9 Å². The van der Waals surface area contributed by atoms with Crippen molar-refractivity contribution in [3.63, 3.8) is 0 Å². The monoisotopic (exact) mass is 377 g/mol. The maximum Gasteiger partial charge on any atom is 0.251 e. The van der Waals surface area contributed by atoms with E-state index >= 15 is 0 Å². The minimum Gasteiger partial charge on any atom is -0.436 e. The number of nitrogens with one attached hydrogen (secondary N) is 1. The summed E-state index contributed by atoms with van der Waals surface area (Å²) in [5.41, 5.74) is 2.95. The number of likely N-dealkylation sites (tertiary alicyclic amines) is 1. The van der Waals surface area contributed by atoms with Crippen LogP contribution in [-0.2, 0) is 0 Å². The fourth-order valence-corrected chi connectivity index (χ4v) is 3.82. The van der Waals surface area contributed by atoms with Gasteiger partial charge in [0.15, 0.2) is 5.58 Å². The average Bonchev–Trinajstić information content (AvgIpc) is 3.13. The number of benzene rings is 2. The smallest absolute Gasteiger partial charge is 0.251 e. The molecule has 5 nitrogen and oxygen atoms in total. The predicted molar refractivity (Wildman–Crippen MR) is 111 cm³/mol. The molecule has 2 heterocycles. The highest BCUT2D eigenvalue weighted by atomic mass is 16.3. The fourth-order valence-electron chi connectivity index (χ4n) is 3.82. The van der Waals surface area contributed by atoms with Gasteiger partial charge in [-0.05, 0) is 49.1 Å². The summed E-state index contributed by atoms with van der Waals surface area (Å²) >= 11 is 0. The molecule has 4 rings (SSSR count). The predicted octanol–water partition coefficient (Wildman–Crippen LogP) is 4.35. The lowest BCUT2D eigenvalue weighted by atomic mass is 10.0.